The maximum absolute atomic E-state index is 13.9. The van der Waals surface area contributed by atoms with Gasteiger partial charge in [-0.1, -0.05) is 18.2 Å². The second kappa shape index (κ2) is 9.30. The smallest absolute Gasteiger partial charge is 0.307 e. The molecule has 0 atom stereocenters. The van der Waals surface area contributed by atoms with E-state index >= 15 is 0 Å². The van der Waals surface area contributed by atoms with E-state index in [1.54, 1.807) is 35.2 Å². The van der Waals surface area contributed by atoms with E-state index in [0.29, 0.717) is 30.0 Å². The number of likely N-dealkylation sites (tertiary alicyclic amines) is 1. The van der Waals surface area contributed by atoms with Gasteiger partial charge >= 0.3 is 6.03 Å². The Morgan fingerprint density at radius 1 is 1.10 bits per heavy atom. The van der Waals surface area contributed by atoms with Crippen molar-refractivity contribution < 1.29 is 18.0 Å². The van der Waals surface area contributed by atoms with Crippen LogP contribution in [0.5, 0.6) is 0 Å². The van der Waals surface area contributed by atoms with E-state index < -0.39 is 18.3 Å². The van der Waals surface area contributed by atoms with Gasteiger partial charge in [0.05, 0.1) is 12.2 Å². The van der Waals surface area contributed by atoms with E-state index in [1.165, 1.54) is 12.3 Å². The molecule has 0 bridgehead atoms. The maximum Gasteiger partial charge on any atom is 0.324 e. The summed E-state index contributed by atoms with van der Waals surface area (Å²) in [6, 6.07) is 11.0. The standard InChI is InChI=1S/C22H22F3N5O/c23-16-4-1-3-15-18(7-10-26-21(15)16)28-22(31)29-20-6-2-5-17(27-20)14-8-11-30(12-9-14)13-19(24)25/h1-7,10,14,19H,8-9,11-13H2,(H2,26,27,28,29,31). The highest BCUT2D eigenvalue weighted by atomic mass is 19.3. The highest BCUT2D eigenvalue weighted by Gasteiger charge is 2.23. The molecule has 2 aromatic heterocycles. The second-order valence-corrected chi connectivity index (χ2v) is 7.49. The van der Waals surface area contributed by atoms with Crippen LogP contribution in [0, 0.1) is 5.82 Å². The SMILES string of the molecule is O=C(Nc1cccc(C2CCN(CC(F)F)CC2)n1)Nc1ccnc2c(F)cccc12. The van der Waals surface area contributed by atoms with E-state index in [1.807, 2.05) is 6.07 Å². The van der Waals surface area contributed by atoms with Crippen LogP contribution < -0.4 is 10.6 Å². The molecule has 3 aromatic rings. The fraction of sp³-hybridized carbons (Fsp3) is 0.318. The third kappa shape index (κ3) is 5.11. The number of carbonyl (C=O) groups is 1. The van der Waals surface area contributed by atoms with Crippen LogP contribution >= 0.6 is 0 Å². The van der Waals surface area contributed by atoms with Crippen LogP contribution in [0.3, 0.4) is 0 Å². The zero-order valence-electron chi connectivity index (χ0n) is 16.7. The third-order valence-electron chi connectivity index (χ3n) is 5.38. The quantitative estimate of drug-likeness (QED) is 0.608. The molecule has 0 unspecified atom stereocenters. The van der Waals surface area contributed by atoms with Crippen molar-refractivity contribution in [2.45, 2.75) is 25.2 Å². The van der Waals surface area contributed by atoms with Gasteiger partial charge in [0.2, 0.25) is 0 Å². The molecular formula is C22H22F3N5O. The summed E-state index contributed by atoms with van der Waals surface area (Å²) in [5.74, 6) is 0.0796. The van der Waals surface area contributed by atoms with Gasteiger partial charge in [0.1, 0.15) is 17.2 Å². The average molecular weight is 429 g/mol. The van der Waals surface area contributed by atoms with Crippen LogP contribution in [0.1, 0.15) is 24.5 Å². The average Bonchev–Trinajstić information content (AvgIpc) is 2.75. The van der Waals surface area contributed by atoms with Crippen molar-refractivity contribution in [3.8, 4) is 0 Å². The van der Waals surface area contributed by atoms with E-state index in [4.69, 9.17) is 0 Å². The van der Waals surface area contributed by atoms with Crippen LogP contribution in [-0.4, -0.2) is 47.0 Å². The third-order valence-corrected chi connectivity index (χ3v) is 5.38. The van der Waals surface area contributed by atoms with Gasteiger partial charge in [0, 0.05) is 23.2 Å². The van der Waals surface area contributed by atoms with Crippen molar-refractivity contribution in [3.63, 3.8) is 0 Å². The molecule has 1 saturated heterocycles. The van der Waals surface area contributed by atoms with Crippen molar-refractivity contribution in [1.29, 1.82) is 0 Å². The number of anilines is 2. The van der Waals surface area contributed by atoms with Crippen molar-refractivity contribution >= 4 is 28.4 Å². The van der Waals surface area contributed by atoms with Gasteiger partial charge in [0.15, 0.2) is 0 Å². The predicted molar refractivity (Wildman–Crippen MR) is 113 cm³/mol. The minimum absolute atomic E-state index is 0.158. The summed E-state index contributed by atoms with van der Waals surface area (Å²) >= 11 is 0. The Morgan fingerprint density at radius 2 is 1.87 bits per heavy atom. The number of urea groups is 1. The number of nitrogens with one attached hydrogen (secondary N) is 2. The fourth-order valence-corrected chi connectivity index (χ4v) is 3.87. The summed E-state index contributed by atoms with van der Waals surface area (Å²) in [6.07, 6.45) is 0.587. The molecule has 4 rings (SSSR count). The van der Waals surface area contributed by atoms with E-state index in [0.717, 1.165) is 18.5 Å². The van der Waals surface area contributed by atoms with Gasteiger partial charge in [-0.25, -0.2) is 22.9 Å². The number of fused-ring (bicyclic) bond motifs is 1. The van der Waals surface area contributed by atoms with Gasteiger partial charge in [-0.3, -0.25) is 15.2 Å². The number of piperidine rings is 1. The van der Waals surface area contributed by atoms with E-state index in [2.05, 4.69) is 20.6 Å². The lowest BCUT2D eigenvalue weighted by molar-refractivity contribution is 0.0752. The molecule has 0 aliphatic carbocycles. The summed E-state index contributed by atoms with van der Waals surface area (Å²) in [4.78, 5) is 22.8. The van der Waals surface area contributed by atoms with Gasteiger partial charge in [-0.2, -0.15) is 0 Å². The summed E-state index contributed by atoms with van der Waals surface area (Å²) in [5.41, 5.74) is 1.44. The topological polar surface area (TPSA) is 70.2 Å². The monoisotopic (exact) mass is 429 g/mol. The number of aromatic nitrogens is 2. The normalized spacial score (nSPS) is 15.4. The van der Waals surface area contributed by atoms with Gasteiger partial charge in [-0.15, -0.1) is 0 Å². The number of amides is 2. The summed E-state index contributed by atoms with van der Waals surface area (Å²) in [5, 5.41) is 5.90. The highest BCUT2D eigenvalue weighted by molar-refractivity contribution is 6.05. The molecular weight excluding hydrogens is 407 g/mol. The molecule has 3 heterocycles. The lowest BCUT2D eigenvalue weighted by Gasteiger charge is -2.31. The van der Waals surface area contributed by atoms with Crippen molar-refractivity contribution in [1.82, 2.24) is 14.9 Å². The summed E-state index contributed by atoms with van der Waals surface area (Å²) < 4.78 is 39.0. The van der Waals surface area contributed by atoms with Gasteiger partial charge in [0.25, 0.3) is 6.43 Å². The maximum atomic E-state index is 13.9. The fourth-order valence-electron chi connectivity index (χ4n) is 3.87. The Morgan fingerprint density at radius 3 is 2.65 bits per heavy atom. The zero-order chi connectivity index (χ0) is 21.8. The molecule has 9 heteroatoms. The Bertz CT molecular complexity index is 1070. The highest BCUT2D eigenvalue weighted by Crippen LogP contribution is 2.28. The van der Waals surface area contributed by atoms with Crippen LogP contribution in [0.4, 0.5) is 29.5 Å². The van der Waals surface area contributed by atoms with Crippen molar-refractivity contribution in [2.75, 3.05) is 30.3 Å². The van der Waals surface area contributed by atoms with Gasteiger partial charge in [-0.05, 0) is 50.2 Å². The van der Waals surface area contributed by atoms with Gasteiger partial charge < -0.3 is 5.32 Å². The zero-order valence-corrected chi connectivity index (χ0v) is 16.7. The molecule has 1 aliphatic rings. The minimum atomic E-state index is -2.32. The molecule has 1 aliphatic heterocycles. The van der Waals surface area contributed by atoms with Crippen LogP contribution in [0.2, 0.25) is 0 Å². The Balaban J connectivity index is 1.41. The van der Waals surface area contributed by atoms with Crippen molar-refractivity contribution in [2.24, 2.45) is 0 Å². The van der Waals surface area contributed by atoms with E-state index in [-0.39, 0.29) is 18.0 Å². The number of carbonyl (C=O) groups excluding carboxylic acids is 1. The molecule has 1 fully saturated rings. The number of benzene rings is 1. The molecule has 2 N–H and O–H groups in total. The molecule has 2 amide bonds. The molecule has 0 radical (unpaired) electrons. The summed E-state index contributed by atoms with van der Waals surface area (Å²) in [7, 11) is 0. The van der Waals surface area contributed by atoms with Crippen LogP contribution in [0.25, 0.3) is 10.9 Å². The number of halogens is 3. The molecule has 0 saturated carbocycles. The van der Waals surface area contributed by atoms with Crippen LogP contribution in [-0.2, 0) is 0 Å². The first-order valence-electron chi connectivity index (χ1n) is 10.1. The second-order valence-electron chi connectivity index (χ2n) is 7.49. The van der Waals surface area contributed by atoms with E-state index in [9.17, 15) is 18.0 Å². The number of rotatable bonds is 5. The molecule has 162 valence electrons. The number of nitrogens with zero attached hydrogens (tertiary/aromatic N) is 3. The first-order valence-corrected chi connectivity index (χ1v) is 10.1. The first kappa shape index (κ1) is 21.0. The number of pyridine rings is 2. The largest absolute Gasteiger partial charge is 0.324 e. The number of hydrogen-bond donors (Lipinski definition) is 2. The summed E-state index contributed by atoms with van der Waals surface area (Å²) in [6.45, 7) is 0.997. The molecule has 0 spiro atoms. The lowest BCUT2D eigenvalue weighted by Crippen LogP contribution is -2.36. The Kier molecular flexibility index (Phi) is 6.31. The number of para-hydroxylation sites is 1. The Labute approximate surface area is 177 Å². The molecule has 31 heavy (non-hydrogen) atoms. The molecule has 6 nitrogen and oxygen atoms in total. The number of hydrogen-bond acceptors (Lipinski definition) is 4. The first-order chi connectivity index (χ1) is 15.0. The Hall–Kier alpha value is -3.20. The lowest BCUT2D eigenvalue weighted by atomic mass is 9.93. The predicted octanol–water partition coefficient (Wildman–Crippen LogP) is 4.86. The molecule has 1 aromatic carbocycles. The van der Waals surface area contributed by atoms with Crippen molar-refractivity contribution in [3.05, 3.63) is 60.2 Å². The minimum Gasteiger partial charge on any atom is -0.307 e. The number of alkyl halides is 2. The van der Waals surface area contributed by atoms with Crippen LogP contribution in [0.15, 0.2) is 48.7 Å².